The highest BCUT2D eigenvalue weighted by Gasteiger charge is 2.17. The Morgan fingerprint density at radius 3 is 2.26 bits per heavy atom. The third kappa shape index (κ3) is 6.81. The lowest BCUT2D eigenvalue weighted by molar-refractivity contribution is -0.111. The van der Waals surface area contributed by atoms with Gasteiger partial charge >= 0.3 is 0 Å². The van der Waals surface area contributed by atoms with Crippen molar-refractivity contribution >= 4 is 28.2 Å². The van der Waals surface area contributed by atoms with Gasteiger partial charge in [0.25, 0.3) is 0 Å². The molecule has 0 unspecified atom stereocenters. The first-order chi connectivity index (χ1) is 21.0. The minimum absolute atomic E-state index is 0.00614. The second-order valence-electron chi connectivity index (χ2n) is 11.6. The lowest BCUT2D eigenvalue weighted by Gasteiger charge is -2.26. The van der Waals surface area contributed by atoms with Gasteiger partial charge in [-0.2, -0.15) is 0 Å². The van der Waals surface area contributed by atoms with Gasteiger partial charge in [-0.3, -0.25) is 9.78 Å². The Labute approximate surface area is 254 Å². The molecule has 218 valence electrons. The molecule has 1 saturated heterocycles. The SMILES string of the molecule is CC(=O)/C(Cc1ccccc1)=N\c1cc2c(cc1C)nc(-c1ccc(-c3ccncc3)cc1)n2CCCN1CCCCC1. The van der Waals surface area contributed by atoms with Crippen LogP contribution in [0.4, 0.5) is 5.69 Å². The van der Waals surface area contributed by atoms with E-state index in [4.69, 9.17) is 9.98 Å². The van der Waals surface area contributed by atoms with Crippen molar-refractivity contribution in [2.75, 3.05) is 19.6 Å². The number of benzene rings is 3. The zero-order valence-corrected chi connectivity index (χ0v) is 25.2. The average Bonchev–Trinajstić information content (AvgIpc) is 3.39. The summed E-state index contributed by atoms with van der Waals surface area (Å²) >= 11 is 0. The molecule has 6 nitrogen and oxygen atoms in total. The summed E-state index contributed by atoms with van der Waals surface area (Å²) in [5.74, 6) is 0.958. The number of Topliss-reactive ketones (excluding diaryl/α,β-unsaturated/α-hetero) is 1. The molecule has 3 heterocycles. The molecule has 43 heavy (non-hydrogen) atoms. The molecule has 6 heteroatoms. The van der Waals surface area contributed by atoms with E-state index in [0.717, 1.165) is 69.9 Å². The van der Waals surface area contributed by atoms with Gasteiger partial charge in [0.15, 0.2) is 5.78 Å². The van der Waals surface area contributed by atoms with Crippen LogP contribution in [0.5, 0.6) is 0 Å². The number of likely N-dealkylation sites (tertiary alicyclic amines) is 1. The second-order valence-corrected chi connectivity index (χ2v) is 11.6. The molecule has 1 fully saturated rings. The summed E-state index contributed by atoms with van der Waals surface area (Å²) < 4.78 is 2.35. The number of aromatic nitrogens is 3. The normalized spacial score (nSPS) is 14.3. The Balaban J connectivity index is 1.37. The maximum absolute atomic E-state index is 12.6. The van der Waals surface area contributed by atoms with Crippen molar-refractivity contribution in [1.29, 1.82) is 0 Å². The molecule has 6 rings (SSSR count). The van der Waals surface area contributed by atoms with Gasteiger partial charge in [0.05, 0.1) is 22.4 Å². The van der Waals surface area contributed by atoms with Crippen molar-refractivity contribution in [2.24, 2.45) is 4.99 Å². The maximum atomic E-state index is 12.6. The number of aliphatic imine (C=N–C) groups is 1. The van der Waals surface area contributed by atoms with E-state index in [9.17, 15) is 4.79 Å². The summed E-state index contributed by atoms with van der Waals surface area (Å²) in [7, 11) is 0. The van der Waals surface area contributed by atoms with E-state index in [1.807, 2.05) is 54.9 Å². The molecule has 0 spiro atoms. The highest BCUT2D eigenvalue weighted by atomic mass is 16.1. The predicted octanol–water partition coefficient (Wildman–Crippen LogP) is 7.85. The molecule has 0 radical (unpaired) electrons. The highest BCUT2D eigenvalue weighted by molar-refractivity contribution is 6.40. The van der Waals surface area contributed by atoms with Crippen molar-refractivity contribution in [3.8, 4) is 22.5 Å². The molecule has 3 aromatic carbocycles. The summed E-state index contributed by atoms with van der Waals surface area (Å²) in [5.41, 5.74) is 8.87. The number of ketones is 1. The fourth-order valence-electron chi connectivity index (χ4n) is 6.00. The zero-order valence-electron chi connectivity index (χ0n) is 25.2. The molecule has 1 aliphatic heterocycles. The number of hydrogen-bond acceptors (Lipinski definition) is 5. The van der Waals surface area contributed by atoms with E-state index in [2.05, 4.69) is 57.8 Å². The molecule has 2 aromatic heterocycles. The minimum atomic E-state index is -0.00614. The Morgan fingerprint density at radius 1 is 0.837 bits per heavy atom. The molecule has 0 bridgehead atoms. The van der Waals surface area contributed by atoms with Gasteiger partial charge < -0.3 is 9.47 Å². The van der Waals surface area contributed by atoms with Crippen LogP contribution in [-0.2, 0) is 17.8 Å². The van der Waals surface area contributed by atoms with E-state index in [1.54, 1.807) is 6.92 Å². The third-order valence-corrected chi connectivity index (χ3v) is 8.40. The smallest absolute Gasteiger partial charge is 0.174 e. The molecular weight excluding hydrogens is 530 g/mol. The van der Waals surface area contributed by atoms with Gasteiger partial charge in [0.1, 0.15) is 5.82 Å². The lowest BCUT2D eigenvalue weighted by Crippen LogP contribution is -2.31. The van der Waals surface area contributed by atoms with Gasteiger partial charge in [0.2, 0.25) is 0 Å². The van der Waals surface area contributed by atoms with Crippen LogP contribution in [-0.4, -0.2) is 50.6 Å². The monoisotopic (exact) mass is 569 g/mol. The molecule has 0 saturated carbocycles. The van der Waals surface area contributed by atoms with Crippen molar-refractivity contribution in [3.05, 3.63) is 102 Å². The first-order valence-electron chi connectivity index (χ1n) is 15.4. The molecule has 0 atom stereocenters. The van der Waals surface area contributed by atoms with Crippen LogP contribution < -0.4 is 0 Å². The van der Waals surface area contributed by atoms with Crippen LogP contribution in [0.3, 0.4) is 0 Å². The number of fused-ring (bicyclic) bond motifs is 1. The van der Waals surface area contributed by atoms with Gasteiger partial charge in [-0.05, 0) is 92.3 Å². The van der Waals surface area contributed by atoms with Crippen LogP contribution >= 0.6 is 0 Å². The van der Waals surface area contributed by atoms with E-state index in [1.165, 1.54) is 32.4 Å². The summed E-state index contributed by atoms with van der Waals surface area (Å²) in [5, 5.41) is 0. The summed E-state index contributed by atoms with van der Waals surface area (Å²) in [6, 6.07) is 27.0. The van der Waals surface area contributed by atoms with Crippen LogP contribution in [0, 0.1) is 6.92 Å². The van der Waals surface area contributed by atoms with Crippen molar-refractivity contribution in [3.63, 3.8) is 0 Å². The topological polar surface area (TPSA) is 63.4 Å². The standard InChI is InChI=1S/C37H39N5O/c1-27-24-35-36(26-33(27)39-34(28(2)43)25-29-10-5-3-6-11-29)42(23-9-22-41-20-7-4-8-21-41)37(40-35)32-14-12-30(13-15-32)31-16-18-38-19-17-31/h3,5-6,10-19,24,26H,4,7-9,20-23,25H2,1-2H3/b39-34-. The Morgan fingerprint density at radius 2 is 1.53 bits per heavy atom. The molecular formula is C37H39N5O. The van der Waals surface area contributed by atoms with Crippen LogP contribution in [0.25, 0.3) is 33.5 Å². The summed E-state index contributed by atoms with van der Waals surface area (Å²) in [6.07, 6.45) is 9.15. The van der Waals surface area contributed by atoms with Gasteiger partial charge in [-0.25, -0.2) is 9.98 Å². The lowest BCUT2D eigenvalue weighted by atomic mass is 10.0. The van der Waals surface area contributed by atoms with Gasteiger partial charge in [-0.15, -0.1) is 0 Å². The number of pyridine rings is 1. The van der Waals surface area contributed by atoms with E-state index in [0.29, 0.717) is 12.1 Å². The zero-order chi connectivity index (χ0) is 29.6. The average molecular weight is 570 g/mol. The quantitative estimate of drug-likeness (QED) is 0.161. The Hall–Kier alpha value is -4.42. The number of rotatable bonds is 10. The molecule has 0 N–H and O–H groups in total. The highest BCUT2D eigenvalue weighted by Crippen LogP contribution is 2.32. The molecule has 5 aromatic rings. The van der Waals surface area contributed by atoms with E-state index < -0.39 is 0 Å². The number of aryl methyl sites for hydroxylation is 2. The first-order valence-corrected chi connectivity index (χ1v) is 15.4. The fraction of sp³-hybridized carbons (Fsp3) is 0.297. The third-order valence-electron chi connectivity index (χ3n) is 8.40. The van der Waals surface area contributed by atoms with Crippen molar-refractivity contribution < 1.29 is 4.79 Å². The van der Waals surface area contributed by atoms with E-state index >= 15 is 0 Å². The Kier molecular flexibility index (Phi) is 8.85. The van der Waals surface area contributed by atoms with Crippen LogP contribution in [0.15, 0.2) is 96.2 Å². The number of carbonyl (C=O) groups excluding carboxylic acids is 1. The largest absolute Gasteiger partial charge is 0.324 e. The van der Waals surface area contributed by atoms with E-state index in [-0.39, 0.29) is 5.78 Å². The maximum Gasteiger partial charge on any atom is 0.174 e. The van der Waals surface area contributed by atoms with Gasteiger partial charge in [0, 0.05) is 37.8 Å². The summed E-state index contributed by atoms with van der Waals surface area (Å²) in [6.45, 7) is 8.00. The number of nitrogens with zero attached hydrogens (tertiary/aromatic N) is 5. The fourth-order valence-corrected chi connectivity index (χ4v) is 6.00. The number of imidazole rings is 1. The first kappa shape index (κ1) is 28.7. The Bertz CT molecular complexity index is 1720. The van der Waals surface area contributed by atoms with Crippen molar-refractivity contribution in [2.45, 2.75) is 52.5 Å². The number of hydrogen-bond donors (Lipinski definition) is 0. The molecule has 0 amide bonds. The summed E-state index contributed by atoms with van der Waals surface area (Å²) in [4.78, 5) is 29.5. The number of carbonyl (C=O) groups is 1. The van der Waals surface area contributed by atoms with Crippen molar-refractivity contribution in [1.82, 2.24) is 19.4 Å². The van der Waals surface area contributed by atoms with Crippen LogP contribution in [0.1, 0.15) is 43.7 Å². The van der Waals surface area contributed by atoms with Gasteiger partial charge in [-0.1, -0.05) is 61.0 Å². The number of piperidine rings is 1. The molecule has 1 aliphatic rings. The predicted molar refractivity (Wildman–Crippen MR) is 176 cm³/mol. The van der Waals surface area contributed by atoms with Crippen LogP contribution in [0.2, 0.25) is 0 Å². The molecule has 0 aliphatic carbocycles. The second kappa shape index (κ2) is 13.3. The minimum Gasteiger partial charge on any atom is -0.324 e.